The van der Waals surface area contributed by atoms with E-state index in [2.05, 4.69) is 45.3 Å². The molecular formula is C18H26BrN3O4. The summed E-state index contributed by atoms with van der Waals surface area (Å²) in [6.07, 6.45) is 0.0111. The lowest BCUT2D eigenvalue weighted by Gasteiger charge is -2.33. The van der Waals surface area contributed by atoms with Gasteiger partial charge in [0.1, 0.15) is 13.2 Å². The molecule has 2 amide bonds. The summed E-state index contributed by atoms with van der Waals surface area (Å²) in [5.74, 6) is 1.93. The molecule has 1 atom stereocenters. The molecule has 0 aliphatic carbocycles. The number of ether oxygens (including phenoxy) is 3. The smallest absolute Gasteiger partial charge is 0.319 e. The number of benzene rings is 1. The van der Waals surface area contributed by atoms with Crippen molar-refractivity contribution in [3.63, 3.8) is 0 Å². The third-order valence-corrected chi connectivity index (χ3v) is 4.87. The van der Waals surface area contributed by atoms with Crippen molar-refractivity contribution < 1.29 is 19.0 Å². The van der Waals surface area contributed by atoms with Gasteiger partial charge >= 0.3 is 6.03 Å². The van der Waals surface area contributed by atoms with Gasteiger partial charge in [-0.1, -0.05) is 13.8 Å². The third-order valence-electron chi connectivity index (χ3n) is 4.22. The first-order chi connectivity index (χ1) is 12.5. The van der Waals surface area contributed by atoms with Gasteiger partial charge in [-0.2, -0.15) is 0 Å². The molecule has 26 heavy (non-hydrogen) atoms. The fraction of sp³-hybridized carbons (Fsp3) is 0.611. The number of hydrogen-bond donors (Lipinski definition) is 2. The van der Waals surface area contributed by atoms with Crippen LogP contribution in [0, 0.1) is 5.92 Å². The monoisotopic (exact) mass is 427 g/mol. The van der Waals surface area contributed by atoms with Crippen LogP contribution in [0.3, 0.4) is 0 Å². The molecule has 144 valence electrons. The Bertz CT molecular complexity index is 641. The number of amides is 2. The zero-order chi connectivity index (χ0) is 18.5. The van der Waals surface area contributed by atoms with Crippen molar-refractivity contribution in [1.82, 2.24) is 10.2 Å². The van der Waals surface area contributed by atoms with Crippen molar-refractivity contribution >= 4 is 27.6 Å². The standard InChI is InChI=1S/C18H26BrN3O4/c1-12(2)10-22-3-4-24-13(11-22)9-20-18(23)21-15-8-17-16(7-14(15)19)25-5-6-26-17/h7-8,12-13H,3-6,9-11H2,1-2H3,(H2,20,21,23)/t13-/m0/s1. The topological polar surface area (TPSA) is 72.1 Å². The van der Waals surface area contributed by atoms with Gasteiger partial charge < -0.3 is 24.8 Å². The van der Waals surface area contributed by atoms with Crippen molar-refractivity contribution in [2.45, 2.75) is 20.0 Å². The second-order valence-electron chi connectivity index (χ2n) is 6.96. The Hall–Kier alpha value is -1.51. The quantitative estimate of drug-likeness (QED) is 0.755. The van der Waals surface area contributed by atoms with E-state index in [1.807, 2.05) is 0 Å². The maximum atomic E-state index is 12.3. The highest BCUT2D eigenvalue weighted by Crippen LogP contribution is 2.38. The molecule has 1 aromatic carbocycles. The lowest BCUT2D eigenvalue weighted by atomic mass is 10.2. The molecule has 1 fully saturated rings. The van der Waals surface area contributed by atoms with Gasteiger partial charge in [-0.25, -0.2) is 4.79 Å². The van der Waals surface area contributed by atoms with Crippen LogP contribution in [0.5, 0.6) is 11.5 Å². The van der Waals surface area contributed by atoms with Crippen molar-refractivity contribution in [2.24, 2.45) is 5.92 Å². The Kier molecular flexibility index (Phi) is 6.61. The van der Waals surface area contributed by atoms with Crippen LogP contribution in [0.15, 0.2) is 16.6 Å². The Morgan fingerprint density at radius 2 is 2.00 bits per heavy atom. The second kappa shape index (κ2) is 8.92. The molecule has 0 saturated carbocycles. The molecule has 0 spiro atoms. The first kappa shape index (κ1) is 19.3. The number of halogens is 1. The van der Waals surface area contributed by atoms with E-state index < -0.39 is 0 Å². The number of urea groups is 1. The minimum absolute atomic E-state index is 0.0111. The highest BCUT2D eigenvalue weighted by molar-refractivity contribution is 9.10. The van der Waals surface area contributed by atoms with Gasteiger partial charge in [0.15, 0.2) is 11.5 Å². The Balaban J connectivity index is 1.50. The first-order valence-corrected chi connectivity index (χ1v) is 9.78. The largest absolute Gasteiger partial charge is 0.486 e. The summed E-state index contributed by atoms with van der Waals surface area (Å²) < 4.78 is 17.6. The predicted octanol–water partition coefficient (Wildman–Crippen LogP) is 2.70. The zero-order valence-corrected chi connectivity index (χ0v) is 16.8. The van der Waals surface area contributed by atoms with Crippen LogP contribution < -0.4 is 20.1 Å². The number of anilines is 1. The fourth-order valence-corrected chi connectivity index (χ4v) is 3.54. The predicted molar refractivity (Wildman–Crippen MR) is 103 cm³/mol. The zero-order valence-electron chi connectivity index (χ0n) is 15.2. The lowest BCUT2D eigenvalue weighted by molar-refractivity contribution is -0.0288. The number of rotatable bonds is 5. The molecule has 0 unspecified atom stereocenters. The Morgan fingerprint density at radius 1 is 1.27 bits per heavy atom. The van der Waals surface area contributed by atoms with Gasteiger partial charge in [0.2, 0.25) is 0 Å². The van der Waals surface area contributed by atoms with Crippen molar-refractivity contribution in [2.75, 3.05) is 51.3 Å². The van der Waals surface area contributed by atoms with E-state index in [9.17, 15) is 4.79 Å². The summed E-state index contributed by atoms with van der Waals surface area (Å²) in [6.45, 7) is 9.47. The maximum Gasteiger partial charge on any atom is 0.319 e. The second-order valence-corrected chi connectivity index (χ2v) is 7.81. The molecule has 0 bridgehead atoms. The van der Waals surface area contributed by atoms with Crippen LogP contribution in [0.4, 0.5) is 10.5 Å². The summed E-state index contributed by atoms with van der Waals surface area (Å²) in [5, 5.41) is 5.73. The van der Waals surface area contributed by atoms with Crippen LogP contribution in [0.1, 0.15) is 13.8 Å². The number of carbonyl (C=O) groups excluding carboxylic acids is 1. The van der Waals surface area contributed by atoms with Crippen LogP contribution in [-0.2, 0) is 4.74 Å². The van der Waals surface area contributed by atoms with E-state index in [0.717, 1.165) is 24.1 Å². The summed E-state index contributed by atoms with van der Waals surface area (Å²) >= 11 is 3.45. The molecular weight excluding hydrogens is 402 g/mol. The number of nitrogens with one attached hydrogen (secondary N) is 2. The number of fused-ring (bicyclic) bond motifs is 1. The van der Waals surface area contributed by atoms with Crippen LogP contribution in [-0.4, -0.2) is 63.0 Å². The molecule has 0 aromatic heterocycles. The van der Waals surface area contributed by atoms with E-state index in [0.29, 0.717) is 49.5 Å². The van der Waals surface area contributed by atoms with E-state index in [1.165, 1.54) is 0 Å². The van der Waals surface area contributed by atoms with Gasteiger partial charge in [0.05, 0.1) is 18.4 Å². The first-order valence-electron chi connectivity index (χ1n) is 8.99. The number of carbonyl (C=O) groups is 1. The molecule has 1 aromatic rings. The number of nitrogens with zero attached hydrogens (tertiary/aromatic N) is 1. The Morgan fingerprint density at radius 3 is 2.73 bits per heavy atom. The number of morpholine rings is 1. The molecule has 7 nitrogen and oxygen atoms in total. The average Bonchev–Trinajstić information content (AvgIpc) is 2.60. The summed E-state index contributed by atoms with van der Waals surface area (Å²) in [4.78, 5) is 14.6. The molecule has 8 heteroatoms. The van der Waals surface area contributed by atoms with E-state index >= 15 is 0 Å². The van der Waals surface area contributed by atoms with Gasteiger partial charge in [0.25, 0.3) is 0 Å². The minimum atomic E-state index is -0.271. The molecule has 2 aliphatic rings. The third kappa shape index (κ3) is 5.25. The lowest BCUT2D eigenvalue weighted by Crippen LogP contribution is -2.48. The summed E-state index contributed by atoms with van der Waals surface area (Å²) in [6, 6.07) is 3.30. The van der Waals surface area contributed by atoms with Crippen LogP contribution in [0.25, 0.3) is 0 Å². The fourth-order valence-electron chi connectivity index (χ4n) is 3.12. The molecule has 3 rings (SSSR count). The van der Waals surface area contributed by atoms with Gasteiger partial charge in [-0.15, -0.1) is 0 Å². The van der Waals surface area contributed by atoms with Gasteiger partial charge in [-0.3, -0.25) is 4.90 Å². The normalized spacial score (nSPS) is 20.1. The minimum Gasteiger partial charge on any atom is -0.486 e. The van der Waals surface area contributed by atoms with Crippen molar-refractivity contribution in [1.29, 1.82) is 0 Å². The van der Waals surface area contributed by atoms with Crippen LogP contribution in [0.2, 0.25) is 0 Å². The SMILES string of the molecule is CC(C)CN1CCO[C@@H](CNC(=O)Nc2cc3c(cc2Br)OCCO3)C1. The molecule has 2 heterocycles. The van der Waals surface area contributed by atoms with Gasteiger partial charge in [-0.05, 0) is 21.8 Å². The van der Waals surface area contributed by atoms with Gasteiger partial charge in [0, 0.05) is 42.8 Å². The van der Waals surface area contributed by atoms with E-state index in [4.69, 9.17) is 14.2 Å². The molecule has 2 N–H and O–H groups in total. The summed E-state index contributed by atoms with van der Waals surface area (Å²) in [5.41, 5.74) is 0.637. The molecule has 2 aliphatic heterocycles. The number of hydrogen-bond acceptors (Lipinski definition) is 5. The maximum absolute atomic E-state index is 12.3. The van der Waals surface area contributed by atoms with Crippen molar-refractivity contribution in [3.8, 4) is 11.5 Å². The Labute approximate surface area is 162 Å². The highest BCUT2D eigenvalue weighted by Gasteiger charge is 2.22. The van der Waals surface area contributed by atoms with E-state index in [-0.39, 0.29) is 12.1 Å². The van der Waals surface area contributed by atoms with Crippen LogP contribution >= 0.6 is 15.9 Å². The van der Waals surface area contributed by atoms with E-state index in [1.54, 1.807) is 12.1 Å². The highest BCUT2D eigenvalue weighted by atomic mass is 79.9. The van der Waals surface area contributed by atoms with Crippen molar-refractivity contribution in [3.05, 3.63) is 16.6 Å². The molecule has 1 saturated heterocycles. The average molecular weight is 428 g/mol. The molecule has 0 radical (unpaired) electrons. The summed E-state index contributed by atoms with van der Waals surface area (Å²) in [7, 11) is 0.